The molecule has 0 radical (unpaired) electrons. The van der Waals surface area contributed by atoms with Crippen molar-refractivity contribution in [2.24, 2.45) is 0 Å². The third-order valence-electron chi connectivity index (χ3n) is 1.48. The fourth-order valence-electron chi connectivity index (χ4n) is 0.882. The van der Waals surface area contributed by atoms with Crippen LogP contribution in [0.5, 0.6) is 0 Å². The lowest BCUT2D eigenvalue weighted by Gasteiger charge is -2.26. The van der Waals surface area contributed by atoms with E-state index in [1.165, 1.54) is 0 Å². The fraction of sp³-hybridized carbons (Fsp3) is 1.00. The summed E-state index contributed by atoms with van der Waals surface area (Å²) in [6.07, 6.45) is -3.12. The van der Waals surface area contributed by atoms with Crippen molar-refractivity contribution in [3.8, 4) is 0 Å². The zero-order valence-corrected chi connectivity index (χ0v) is 5.72. The van der Waals surface area contributed by atoms with E-state index < -0.39 is 12.5 Å². The standard InChI is InChI=1S/C6H10F2O2/c1-4-2-5(6(7)8)10-3-9-4/h4-6H,2-3H2,1H3. The van der Waals surface area contributed by atoms with Crippen LogP contribution in [-0.2, 0) is 9.47 Å². The van der Waals surface area contributed by atoms with Gasteiger partial charge in [-0.2, -0.15) is 0 Å². The molecule has 1 rings (SSSR count). The molecule has 0 spiro atoms. The molecule has 1 saturated heterocycles. The first-order chi connectivity index (χ1) is 4.70. The van der Waals surface area contributed by atoms with Crippen LogP contribution in [0.25, 0.3) is 0 Å². The number of halogens is 2. The van der Waals surface area contributed by atoms with E-state index in [9.17, 15) is 8.78 Å². The molecule has 0 aromatic rings. The smallest absolute Gasteiger partial charge is 0.264 e. The van der Waals surface area contributed by atoms with Gasteiger partial charge in [0.1, 0.15) is 12.9 Å². The number of rotatable bonds is 1. The summed E-state index contributed by atoms with van der Waals surface area (Å²) < 4.78 is 33.4. The summed E-state index contributed by atoms with van der Waals surface area (Å²) in [6.45, 7) is 1.76. The summed E-state index contributed by atoms with van der Waals surface area (Å²) in [5.41, 5.74) is 0. The van der Waals surface area contributed by atoms with Crippen molar-refractivity contribution in [3.05, 3.63) is 0 Å². The first-order valence-corrected chi connectivity index (χ1v) is 3.21. The van der Waals surface area contributed by atoms with E-state index in [1.807, 2.05) is 0 Å². The van der Waals surface area contributed by atoms with Gasteiger partial charge in [-0.15, -0.1) is 0 Å². The normalized spacial score (nSPS) is 34.8. The molecule has 0 N–H and O–H groups in total. The lowest BCUT2D eigenvalue weighted by Crippen LogP contribution is -2.34. The SMILES string of the molecule is CC1CC(C(F)F)OCO1. The van der Waals surface area contributed by atoms with Gasteiger partial charge in [-0.05, 0) is 6.92 Å². The highest BCUT2D eigenvalue weighted by molar-refractivity contribution is 4.67. The molecule has 0 aromatic heterocycles. The Labute approximate surface area is 58.1 Å². The van der Waals surface area contributed by atoms with Gasteiger partial charge in [0.05, 0.1) is 6.10 Å². The molecular formula is C6H10F2O2. The van der Waals surface area contributed by atoms with Crippen molar-refractivity contribution >= 4 is 0 Å². The summed E-state index contributed by atoms with van der Waals surface area (Å²) in [5.74, 6) is 0. The molecule has 0 saturated carbocycles. The lowest BCUT2D eigenvalue weighted by atomic mass is 10.2. The monoisotopic (exact) mass is 152 g/mol. The molecule has 1 aliphatic rings. The summed E-state index contributed by atoms with van der Waals surface area (Å²) in [4.78, 5) is 0. The van der Waals surface area contributed by atoms with Crippen molar-refractivity contribution in [3.63, 3.8) is 0 Å². The van der Waals surface area contributed by atoms with E-state index in [0.717, 1.165) is 0 Å². The molecular weight excluding hydrogens is 142 g/mol. The van der Waals surface area contributed by atoms with Crippen LogP contribution >= 0.6 is 0 Å². The van der Waals surface area contributed by atoms with E-state index in [4.69, 9.17) is 4.74 Å². The van der Waals surface area contributed by atoms with Crippen molar-refractivity contribution in [2.45, 2.75) is 32.0 Å². The zero-order chi connectivity index (χ0) is 7.56. The Morgan fingerprint density at radius 2 is 2.10 bits per heavy atom. The van der Waals surface area contributed by atoms with Crippen LogP contribution < -0.4 is 0 Å². The molecule has 60 valence electrons. The van der Waals surface area contributed by atoms with Gasteiger partial charge >= 0.3 is 0 Å². The van der Waals surface area contributed by atoms with Crippen LogP contribution in [0.3, 0.4) is 0 Å². The van der Waals surface area contributed by atoms with Crippen molar-refractivity contribution in [1.29, 1.82) is 0 Å². The predicted molar refractivity (Wildman–Crippen MR) is 30.9 cm³/mol. The molecule has 0 aliphatic carbocycles. The maximum absolute atomic E-state index is 11.9. The number of ether oxygens (including phenoxy) is 2. The van der Waals surface area contributed by atoms with Gasteiger partial charge in [-0.1, -0.05) is 0 Å². The summed E-state index contributed by atoms with van der Waals surface area (Å²) in [7, 11) is 0. The summed E-state index contributed by atoms with van der Waals surface area (Å²) >= 11 is 0. The molecule has 0 bridgehead atoms. The number of hydrogen-bond acceptors (Lipinski definition) is 2. The van der Waals surface area contributed by atoms with E-state index in [2.05, 4.69) is 4.74 Å². The highest BCUT2D eigenvalue weighted by atomic mass is 19.3. The summed E-state index contributed by atoms with van der Waals surface area (Å²) in [6, 6.07) is 0. The molecule has 0 amide bonds. The van der Waals surface area contributed by atoms with Gasteiger partial charge < -0.3 is 9.47 Å². The molecule has 2 atom stereocenters. The predicted octanol–water partition coefficient (Wildman–Crippen LogP) is 1.40. The number of hydrogen-bond donors (Lipinski definition) is 0. The maximum atomic E-state index is 11.9. The van der Waals surface area contributed by atoms with E-state index in [-0.39, 0.29) is 19.3 Å². The van der Waals surface area contributed by atoms with E-state index in [0.29, 0.717) is 0 Å². The molecule has 1 heterocycles. The third-order valence-corrected chi connectivity index (χ3v) is 1.48. The average Bonchev–Trinajstić information content (AvgIpc) is 1.88. The molecule has 2 unspecified atom stereocenters. The molecule has 10 heavy (non-hydrogen) atoms. The van der Waals surface area contributed by atoms with Crippen LogP contribution in [-0.4, -0.2) is 25.4 Å². The Hall–Kier alpha value is -0.220. The van der Waals surface area contributed by atoms with Gasteiger partial charge in [0.15, 0.2) is 0 Å². The largest absolute Gasteiger partial charge is 0.352 e. The van der Waals surface area contributed by atoms with Gasteiger partial charge in [0, 0.05) is 6.42 Å². The minimum Gasteiger partial charge on any atom is -0.352 e. The van der Waals surface area contributed by atoms with Crippen LogP contribution in [0, 0.1) is 0 Å². The molecule has 4 heteroatoms. The average molecular weight is 152 g/mol. The Bertz CT molecular complexity index is 108. The highest BCUT2D eigenvalue weighted by Gasteiger charge is 2.27. The van der Waals surface area contributed by atoms with Crippen molar-refractivity contribution in [1.82, 2.24) is 0 Å². The molecule has 2 nitrogen and oxygen atoms in total. The Kier molecular flexibility index (Phi) is 2.56. The van der Waals surface area contributed by atoms with Gasteiger partial charge in [-0.25, -0.2) is 8.78 Å². The summed E-state index contributed by atoms with van der Waals surface area (Å²) in [5, 5.41) is 0. The second kappa shape index (κ2) is 3.25. The highest BCUT2D eigenvalue weighted by Crippen LogP contribution is 2.18. The second-order valence-corrected chi connectivity index (χ2v) is 2.37. The Morgan fingerprint density at radius 1 is 1.40 bits per heavy atom. The van der Waals surface area contributed by atoms with Gasteiger partial charge in [-0.3, -0.25) is 0 Å². The Balaban J connectivity index is 2.32. The first-order valence-electron chi connectivity index (χ1n) is 3.21. The maximum Gasteiger partial charge on any atom is 0.264 e. The first kappa shape index (κ1) is 7.88. The minimum atomic E-state index is -2.38. The van der Waals surface area contributed by atoms with E-state index in [1.54, 1.807) is 6.92 Å². The fourth-order valence-corrected chi connectivity index (χ4v) is 0.882. The van der Waals surface area contributed by atoms with Gasteiger partial charge in [0.2, 0.25) is 0 Å². The Morgan fingerprint density at radius 3 is 2.50 bits per heavy atom. The quantitative estimate of drug-likeness (QED) is 0.565. The van der Waals surface area contributed by atoms with Crippen LogP contribution in [0.1, 0.15) is 13.3 Å². The van der Waals surface area contributed by atoms with Crippen LogP contribution in [0.15, 0.2) is 0 Å². The van der Waals surface area contributed by atoms with Gasteiger partial charge in [0.25, 0.3) is 6.43 Å². The third kappa shape index (κ3) is 1.88. The van der Waals surface area contributed by atoms with Crippen molar-refractivity contribution < 1.29 is 18.3 Å². The van der Waals surface area contributed by atoms with Crippen LogP contribution in [0.4, 0.5) is 8.78 Å². The molecule has 0 aromatic carbocycles. The van der Waals surface area contributed by atoms with Crippen molar-refractivity contribution in [2.75, 3.05) is 6.79 Å². The lowest BCUT2D eigenvalue weighted by molar-refractivity contribution is -0.202. The minimum absolute atomic E-state index is 0.00380. The van der Waals surface area contributed by atoms with E-state index >= 15 is 0 Å². The molecule has 1 fully saturated rings. The molecule has 1 aliphatic heterocycles. The topological polar surface area (TPSA) is 18.5 Å². The number of alkyl halides is 2. The van der Waals surface area contributed by atoms with Crippen LogP contribution in [0.2, 0.25) is 0 Å². The zero-order valence-electron chi connectivity index (χ0n) is 5.72. The second-order valence-electron chi connectivity index (χ2n) is 2.37.